The lowest BCUT2D eigenvalue weighted by atomic mass is 10.2. The second-order valence-electron chi connectivity index (χ2n) is 6.86. The van der Waals surface area contributed by atoms with Gasteiger partial charge in [-0.05, 0) is 50.2 Å². The first-order chi connectivity index (χ1) is 15.6. The Kier molecular flexibility index (Phi) is 6.76. The van der Waals surface area contributed by atoms with Crippen molar-refractivity contribution in [3.05, 3.63) is 72.7 Å². The van der Waals surface area contributed by atoms with Gasteiger partial charge in [0.2, 0.25) is 5.91 Å². The van der Waals surface area contributed by atoms with E-state index in [0.29, 0.717) is 29.0 Å². The molecule has 0 bridgehead atoms. The van der Waals surface area contributed by atoms with Crippen molar-refractivity contribution in [1.29, 1.82) is 0 Å². The molecule has 0 aliphatic carbocycles. The molecule has 162 valence electrons. The van der Waals surface area contributed by atoms with E-state index < -0.39 is 0 Å². The highest BCUT2D eigenvalue weighted by Crippen LogP contribution is 2.27. The lowest BCUT2D eigenvalue weighted by Gasteiger charge is -2.10. The molecule has 0 fully saturated rings. The van der Waals surface area contributed by atoms with Crippen LogP contribution >= 0.6 is 11.8 Å². The molecule has 2 heterocycles. The van der Waals surface area contributed by atoms with E-state index in [1.54, 1.807) is 18.6 Å². The number of benzene rings is 2. The number of aryl methyl sites for hydroxylation is 1. The number of aromatic nitrogens is 5. The van der Waals surface area contributed by atoms with E-state index in [4.69, 9.17) is 4.74 Å². The van der Waals surface area contributed by atoms with Crippen LogP contribution in [0.1, 0.15) is 12.5 Å². The van der Waals surface area contributed by atoms with Crippen molar-refractivity contribution in [2.45, 2.75) is 19.0 Å². The first-order valence-electron chi connectivity index (χ1n) is 10.1. The van der Waals surface area contributed by atoms with Crippen LogP contribution in [0.2, 0.25) is 0 Å². The van der Waals surface area contributed by atoms with Gasteiger partial charge in [-0.2, -0.15) is 0 Å². The van der Waals surface area contributed by atoms with Crippen LogP contribution in [0.15, 0.2) is 72.3 Å². The van der Waals surface area contributed by atoms with Crippen molar-refractivity contribution >= 4 is 23.4 Å². The van der Waals surface area contributed by atoms with E-state index in [0.717, 1.165) is 17.0 Å². The topological polar surface area (TPSA) is 94.8 Å². The highest BCUT2D eigenvalue weighted by Gasteiger charge is 2.18. The normalized spacial score (nSPS) is 10.7. The number of ether oxygens (including phenoxy) is 1. The van der Waals surface area contributed by atoms with Gasteiger partial charge in [-0.15, -0.1) is 10.2 Å². The molecule has 0 atom stereocenters. The van der Waals surface area contributed by atoms with Crippen LogP contribution in [0.4, 0.5) is 5.69 Å². The number of thioether (sulfide) groups is 1. The molecule has 0 spiro atoms. The quantitative estimate of drug-likeness (QED) is 0.406. The van der Waals surface area contributed by atoms with Crippen LogP contribution < -0.4 is 10.1 Å². The lowest BCUT2D eigenvalue weighted by Crippen LogP contribution is -2.14. The monoisotopic (exact) mass is 446 g/mol. The summed E-state index contributed by atoms with van der Waals surface area (Å²) in [5, 5.41) is 12.1. The molecular formula is C23H22N6O2S. The molecule has 4 rings (SSSR count). The number of hydrogen-bond acceptors (Lipinski definition) is 7. The number of nitrogens with zero attached hydrogens (tertiary/aromatic N) is 5. The number of carbonyl (C=O) groups excluding carboxylic acids is 1. The first-order valence-corrected chi connectivity index (χ1v) is 11.1. The summed E-state index contributed by atoms with van der Waals surface area (Å²) in [4.78, 5) is 21.0. The molecule has 0 saturated heterocycles. The van der Waals surface area contributed by atoms with Gasteiger partial charge in [-0.25, -0.2) is 4.98 Å². The van der Waals surface area contributed by atoms with Crippen LogP contribution in [0.25, 0.3) is 17.2 Å². The second kappa shape index (κ2) is 10.1. The van der Waals surface area contributed by atoms with E-state index in [9.17, 15) is 4.79 Å². The van der Waals surface area contributed by atoms with Crippen LogP contribution in [-0.4, -0.2) is 43.0 Å². The van der Waals surface area contributed by atoms with Crippen molar-refractivity contribution in [3.8, 4) is 23.0 Å². The van der Waals surface area contributed by atoms with Gasteiger partial charge >= 0.3 is 0 Å². The number of carbonyl (C=O) groups is 1. The number of anilines is 1. The lowest BCUT2D eigenvalue weighted by molar-refractivity contribution is -0.113. The maximum Gasteiger partial charge on any atom is 0.234 e. The van der Waals surface area contributed by atoms with Gasteiger partial charge in [-0.3, -0.25) is 14.3 Å². The van der Waals surface area contributed by atoms with Crippen LogP contribution in [0, 0.1) is 6.92 Å². The third kappa shape index (κ3) is 5.12. The van der Waals surface area contributed by atoms with Crippen molar-refractivity contribution in [3.63, 3.8) is 0 Å². The maximum absolute atomic E-state index is 12.5. The van der Waals surface area contributed by atoms with Gasteiger partial charge in [0.15, 0.2) is 11.0 Å². The zero-order chi connectivity index (χ0) is 22.3. The molecule has 4 aromatic rings. The average molecular weight is 447 g/mol. The van der Waals surface area contributed by atoms with Gasteiger partial charge in [0.05, 0.1) is 18.6 Å². The summed E-state index contributed by atoms with van der Waals surface area (Å²) < 4.78 is 7.32. The molecule has 0 saturated carbocycles. The summed E-state index contributed by atoms with van der Waals surface area (Å²) in [5.74, 6) is 1.37. The van der Waals surface area contributed by atoms with Gasteiger partial charge in [0, 0.05) is 23.8 Å². The van der Waals surface area contributed by atoms with E-state index in [1.165, 1.54) is 11.8 Å². The molecule has 0 aliphatic rings. The molecule has 32 heavy (non-hydrogen) atoms. The number of rotatable bonds is 8. The van der Waals surface area contributed by atoms with E-state index in [1.807, 2.05) is 66.9 Å². The van der Waals surface area contributed by atoms with Crippen molar-refractivity contribution < 1.29 is 9.53 Å². The molecule has 8 nitrogen and oxygen atoms in total. The minimum absolute atomic E-state index is 0.140. The van der Waals surface area contributed by atoms with Gasteiger partial charge < -0.3 is 10.1 Å². The predicted molar refractivity (Wildman–Crippen MR) is 124 cm³/mol. The minimum atomic E-state index is -0.140. The highest BCUT2D eigenvalue weighted by molar-refractivity contribution is 7.99. The molecule has 9 heteroatoms. The number of amides is 1. The molecule has 0 radical (unpaired) electrons. The molecule has 1 amide bonds. The smallest absolute Gasteiger partial charge is 0.234 e. The number of hydrogen-bond donors (Lipinski definition) is 1. The Labute approximate surface area is 190 Å². The van der Waals surface area contributed by atoms with Gasteiger partial charge in [0.25, 0.3) is 0 Å². The van der Waals surface area contributed by atoms with E-state index in [2.05, 4.69) is 25.5 Å². The zero-order valence-corrected chi connectivity index (χ0v) is 18.5. The van der Waals surface area contributed by atoms with Crippen LogP contribution in [0.3, 0.4) is 0 Å². The summed E-state index contributed by atoms with van der Waals surface area (Å²) in [6.07, 6.45) is 4.86. The molecule has 2 aromatic heterocycles. The summed E-state index contributed by atoms with van der Waals surface area (Å²) in [6.45, 7) is 4.55. The standard InChI is InChI=1S/C23H22N6O2S/c1-3-31-19-10-6-17(7-11-19)26-21(30)15-32-23-28-27-22(20-14-24-12-13-25-20)29(23)18-8-4-16(2)5-9-18/h4-14H,3,15H2,1-2H3,(H,26,30). The van der Waals surface area contributed by atoms with E-state index in [-0.39, 0.29) is 11.7 Å². The highest BCUT2D eigenvalue weighted by atomic mass is 32.2. The summed E-state index contributed by atoms with van der Waals surface area (Å²) in [5.41, 5.74) is 3.34. The molecule has 0 aliphatic heterocycles. The summed E-state index contributed by atoms with van der Waals surface area (Å²) in [6, 6.07) is 15.3. The average Bonchev–Trinajstić information content (AvgIpc) is 3.24. The van der Waals surface area contributed by atoms with Crippen molar-refractivity contribution in [1.82, 2.24) is 24.7 Å². The summed E-state index contributed by atoms with van der Waals surface area (Å²) in [7, 11) is 0. The Morgan fingerprint density at radius 1 is 1.06 bits per heavy atom. The third-order valence-electron chi connectivity index (χ3n) is 4.50. The Hall–Kier alpha value is -3.72. The largest absolute Gasteiger partial charge is 0.494 e. The zero-order valence-electron chi connectivity index (χ0n) is 17.7. The third-order valence-corrected chi connectivity index (χ3v) is 5.43. The Balaban J connectivity index is 1.52. The van der Waals surface area contributed by atoms with Crippen molar-refractivity contribution in [2.24, 2.45) is 0 Å². The van der Waals surface area contributed by atoms with Gasteiger partial charge in [-0.1, -0.05) is 29.5 Å². The predicted octanol–water partition coefficient (Wildman–Crippen LogP) is 4.16. The van der Waals surface area contributed by atoms with Gasteiger partial charge in [0.1, 0.15) is 11.4 Å². The Morgan fingerprint density at radius 2 is 1.84 bits per heavy atom. The first kappa shape index (κ1) is 21.5. The fourth-order valence-corrected chi connectivity index (χ4v) is 3.75. The maximum atomic E-state index is 12.5. The van der Waals surface area contributed by atoms with Crippen LogP contribution in [0.5, 0.6) is 5.75 Å². The fourth-order valence-electron chi connectivity index (χ4n) is 3.00. The fraction of sp³-hybridized carbons (Fsp3) is 0.174. The number of nitrogens with one attached hydrogen (secondary N) is 1. The van der Waals surface area contributed by atoms with Crippen LogP contribution in [-0.2, 0) is 4.79 Å². The second-order valence-corrected chi connectivity index (χ2v) is 7.80. The minimum Gasteiger partial charge on any atom is -0.494 e. The summed E-state index contributed by atoms with van der Waals surface area (Å²) >= 11 is 1.30. The SMILES string of the molecule is CCOc1ccc(NC(=O)CSc2nnc(-c3cnccn3)n2-c2ccc(C)cc2)cc1. The molecule has 0 unspecified atom stereocenters. The van der Waals surface area contributed by atoms with E-state index >= 15 is 0 Å². The molecular weight excluding hydrogens is 424 g/mol. The Bertz CT molecular complexity index is 1180. The van der Waals surface area contributed by atoms with Crippen molar-refractivity contribution in [2.75, 3.05) is 17.7 Å². The molecule has 2 aromatic carbocycles. The Morgan fingerprint density at radius 3 is 2.53 bits per heavy atom. The molecule has 1 N–H and O–H groups in total.